The highest BCUT2D eigenvalue weighted by molar-refractivity contribution is 8.14. The van der Waals surface area contributed by atoms with Crippen LogP contribution in [0.25, 0.3) is 0 Å². The maximum absolute atomic E-state index is 12.8. The molecule has 12 nitrogen and oxygen atoms in total. The summed E-state index contributed by atoms with van der Waals surface area (Å²) in [5.74, 6) is -0.708. The molecule has 232 valence electrons. The highest BCUT2D eigenvalue weighted by Crippen LogP contribution is 2.34. The van der Waals surface area contributed by atoms with Crippen molar-refractivity contribution in [2.24, 2.45) is 5.14 Å². The number of benzene rings is 3. The lowest BCUT2D eigenvalue weighted by atomic mass is 10.1. The Morgan fingerprint density at radius 2 is 1.84 bits per heavy atom. The van der Waals surface area contributed by atoms with Crippen LogP contribution in [-0.2, 0) is 19.7 Å². The molecule has 0 bridgehead atoms. The van der Waals surface area contributed by atoms with E-state index in [1.807, 2.05) is 6.07 Å². The monoisotopic (exact) mass is 660 g/mol. The molecule has 1 amide bonds. The Balaban J connectivity index is 1.18. The molecule has 5 rings (SSSR count). The Labute approximate surface area is 262 Å². The third-order valence-corrected chi connectivity index (χ3v) is 9.50. The molecule has 1 saturated heterocycles. The van der Waals surface area contributed by atoms with E-state index < -0.39 is 46.3 Å². The van der Waals surface area contributed by atoms with E-state index in [9.17, 15) is 27.9 Å². The average molecular weight is 661 g/mol. The third kappa shape index (κ3) is 7.34. The van der Waals surface area contributed by atoms with Crippen LogP contribution in [0, 0.1) is 0 Å². The van der Waals surface area contributed by atoms with Gasteiger partial charge in [-0.15, -0.1) is 0 Å². The van der Waals surface area contributed by atoms with Gasteiger partial charge in [0.25, 0.3) is 5.91 Å². The minimum atomic E-state index is -4.11. The number of aliphatic carboxylic acids is 1. The summed E-state index contributed by atoms with van der Waals surface area (Å²) in [5, 5.41) is 22.0. The van der Waals surface area contributed by atoms with Crippen LogP contribution in [-0.4, -0.2) is 66.1 Å². The first kappa shape index (κ1) is 31.8. The summed E-state index contributed by atoms with van der Waals surface area (Å²) < 4.78 is 29.6. The number of carbonyl (C=O) groups is 3. The Kier molecular flexibility index (Phi) is 9.48. The molecule has 0 spiro atoms. The van der Waals surface area contributed by atoms with Gasteiger partial charge >= 0.3 is 5.97 Å². The fourth-order valence-corrected chi connectivity index (χ4v) is 6.73. The number of hydroxylamine groups is 2. The van der Waals surface area contributed by atoms with Crippen LogP contribution in [0.2, 0.25) is 5.02 Å². The smallest absolute Gasteiger partial charge is 0.323 e. The summed E-state index contributed by atoms with van der Waals surface area (Å²) in [5.41, 5.74) is 1.70. The molecule has 2 aliphatic rings. The van der Waals surface area contributed by atoms with Gasteiger partial charge in [0.15, 0.2) is 0 Å². The first-order valence-corrected chi connectivity index (χ1v) is 16.4. The molecule has 3 aromatic rings. The SMILES string of the molecule is CC(CSC(=O)c1ccccc1)ON1CC(Oc2ccc(C3NC(=O)c4cc(S(N)(=O)=O)c(Cl)cc4N3)cc2)C[C@H]1C(=O)O. The largest absolute Gasteiger partial charge is 0.489 e. The van der Waals surface area contributed by atoms with Crippen molar-refractivity contribution in [1.29, 1.82) is 0 Å². The van der Waals surface area contributed by atoms with Crippen LogP contribution >= 0.6 is 23.4 Å². The number of rotatable bonds is 10. The van der Waals surface area contributed by atoms with Crippen LogP contribution in [0.4, 0.5) is 5.69 Å². The maximum atomic E-state index is 12.8. The van der Waals surface area contributed by atoms with Crippen molar-refractivity contribution in [1.82, 2.24) is 10.4 Å². The van der Waals surface area contributed by atoms with Gasteiger partial charge in [0.05, 0.1) is 28.9 Å². The van der Waals surface area contributed by atoms with Crippen molar-refractivity contribution < 1.29 is 37.5 Å². The van der Waals surface area contributed by atoms with Gasteiger partial charge in [-0.1, -0.05) is 65.8 Å². The molecule has 4 atom stereocenters. The molecular formula is C29H29ClN4O8S2. The normalized spacial score (nSPS) is 20.7. The zero-order valence-corrected chi connectivity index (χ0v) is 25.7. The first-order valence-electron chi connectivity index (χ1n) is 13.5. The number of hydrogen-bond acceptors (Lipinski definition) is 10. The zero-order valence-electron chi connectivity index (χ0n) is 23.3. The lowest BCUT2D eigenvalue weighted by Crippen LogP contribution is -2.39. The molecule has 15 heteroatoms. The van der Waals surface area contributed by atoms with Crippen LogP contribution in [0.5, 0.6) is 5.75 Å². The molecule has 2 aliphatic heterocycles. The Morgan fingerprint density at radius 3 is 2.50 bits per heavy atom. The summed E-state index contributed by atoms with van der Waals surface area (Å²) in [6.45, 7) is 1.99. The number of fused-ring (bicyclic) bond motifs is 1. The molecule has 0 saturated carbocycles. The summed E-state index contributed by atoms with van der Waals surface area (Å²) in [6.07, 6.45) is -1.34. The highest BCUT2D eigenvalue weighted by atomic mass is 35.5. The van der Waals surface area contributed by atoms with Gasteiger partial charge in [-0.2, -0.15) is 5.06 Å². The molecule has 44 heavy (non-hydrogen) atoms. The fourth-order valence-electron chi connectivity index (χ4n) is 4.88. The van der Waals surface area contributed by atoms with Gasteiger partial charge in [-0.05, 0) is 36.8 Å². The topological polar surface area (TPSA) is 177 Å². The molecular weight excluding hydrogens is 632 g/mol. The van der Waals surface area contributed by atoms with Crippen molar-refractivity contribution in [2.45, 2.75) is 42.7 Å². The van der Waals surface area contributed by atoms with Gasteiger partial charge < -0.3 is 20.5 Å². The number of carbonyl (C=O) groups excluding carboxylic acids is 2. The number of ether oxygens (including phenoxy) is 1. The predicted octanol–water partition coefficient (Wildman–Crippen LogP) is 3.64. The lowest BCUT2D eigenvalue weighted by molar-refractivity contribution is -0.205. The number of amides is 1. The lowest BCUT2D eigenvalue weighted by Gasteiger charge is -2.29. The number of hydrogen-bond donors (Lipinski definition) is 4. The second kappa shape index (κ2) is 13.1. The van der Waals surface area contributed by atoms with E-state index >= 15 is 0 Å². The predicted molar refractivity (Wildman–Crippen MR) is 164 cm³/mol. The number of nitrogens with zero attached hydrogens (tertiary/aromatic N) is 1. The van der Waals surface area contributed by atoms with Gasteiger partial charge in [0.1, 0.15) is 29.0 Å². The van der Waals surface area contributed by atoms with Gasteiger partial charge in [0.2, 0.25) is 15.1 Å². The number of primary sulfonamides is 1. The van der Waals surface area contributed by atoms with Crippen LogP contribution in [0.15, 0.2) is 71.6 Å². The Morgan fingerprint density at radius 1 is 1.14 bits per heavy atom. The van der Waals surface area contributed by atoms with Crippen molar-refractivity contribution in [3.63, 3.8) is 0 Å². The van der Waals surface area contributed by atoms with Crippen LogP contribution < -0.4 is 20.5 Å². The van der Waals surface area contributed by atoms with E-state index in [2.05, 4.69) is 10.6 Å². The zero-order chi connectivity index (χ0) is 31.6. The minimum absolute atomic E-state index is 0.0888. The van der Waals surface area contributed by atoms with Crippen molar-refractivity contribution in [3.05, 3.63) is 88.4 Å². The van der Waals surface area contributed by atoms with E-state index in [0.717, 1.165) is 17.8 Å². The number of carboxylic acids is 1. The molecule has 0 radical (unpaired) electrons. The number of thioether (sulfide) groups is 1. The van der Waals surface area contributed by atoms with E-state index in [0.29, 0.717) is 28.3 Å². The third-order valence-electron chi connectivity index (χ3n) is 6.99. The summed E-state index contributed by atoms with van der Waals surface area (Å²) >= 11 is 7.21. The number of carboxylic acid groups (broad SMARTS) is 1. The minimum Gasteiger partial charge on any atom is -0.489 e. The number of sulfonamides is 1. The number of nitrogens with two attached hydrogens (primary N) is 1. The summed E-state index contributed by atoms with van der Waals surface area (Å²) in [7, 11) is -4.11. The maximum Gasteiger partial charge on any atom is 0.323 e. The van der Waals surface area contributed by atoms with Crippen molar-refractivity contribution >= 4 is 56.1 Å². The Bertz CT molecular complexity index is 1670. The van der Waals surface area contributed by atoms with E-state index in [1.165, 1.54) is 11.1 Å². The fraction of sp³-hybridized carbons (Fsp3) is 0.276. The second-order valence-electron chi connectivity index (χ2n) is 10.3. The molecule has 1 fully saturated rings. The van der Waals surface area contributed by atoms with Crippen LogP contribution in [0.1, 0.15) is 45.8 Å². The molecule has 2 heterocycles. The van der Waals surface area contributed by atoms with E-state index in [-0.39, 0.29) is 33.6 Å². The Hall–Kier alpha value is -3.66. The molecule has 5 N–H and O–H groups in total. The number of anilines is 1. The van der Waals surface area contributed by atoms with Crippen molar-refractivity contribution in [2.75, 3.05) is 17.6 Å². The number of nitrogens with one attached hydrogen (secondary N) is 2. The van der Waals surface area contributed by atoms with Gasteiger partial charge in [-0.25, -0.2) is 13.6 Å². The highest BCUT2D eigenvalue weighted by Gasteiger charge is 2.40. The van der Waals surface area contributed by atoms with Gasteiger partial charge in [0, 0.05) is 17.7 Å². The van der Waals surface area contributed by atoms with E-state index in [1.54, 1.807) is 55.5 Å². The molecule has 0 aliphatic carbocycles. The molecule has 3 aromatic carbocycles. The molecule has 3 unspecified atom stereocenters. The average Bonchev–Trinajstić information content (AvgIpc) is 3.37. The summed E-state index contributed by atoms with van der Waals surface area (Å²) in [6, 6.07) is 17.3. The quantitative estimate of drug-likeness (QED) is 0.250. The van der Waals surface area contributed by atoms with Crippen molar-refractivity contribution in [3.8, 4) is 5.75 Å². The molecule has 0 aromatic heterocycles. The standard InChI is InChI=1S/C29H29ClN4O8S2/c1-16(15-43-29(38)18-5-3-2-4-6-18)42-34-14-20(11-24(34)28(36)37)41-19-9-7-17(8-10-19)26-32-23-13-22(30)25(44(31,39)40)12-21(23)27(35)33-26/h2-10,12-13,16,20,24,26,32H,11,14-15H2,1H3,(H,33,35)(H,36,37)(H2,31,39,40)/t16?,20?,24-,26?/m0/s1. The number of halogens is 1. The van der Waals surface area contributed by atoms with Gasteiger partial charge in [-0.3, -0.25) is 19.2 Å². The van der Waals surface area contributed by atoms with E-state index in [4.69, 9.17) is 26.3 Å². The summed E-state index contributed by atoms with van der Waals surface area (Å²) in [4.78, 5) is 42.7. The second-order valence-corrected chi connectivity index (χ2v) is 13.2. The van der Waals surface area contributed by atoms with Crippen LogP contribution in [0.3, 0.4) is 0 Å². The first-order chi connectivity index (χ1) is 20.9.